The normalized spacial score (nSPS) is 12.6. The van der Waals surface area contributed by atoms with E-state index in [1.807, 2.05) is 24.3 Å². The lowest BCUT2D eigenvalue weighted by Gasteiger charge is -2.19. The van der Waals surface area contributed by atoms with Crippen molar-refractivity contribution in [3.05, 3.63) is 51.6 Å². The second kappa shape index (κ2) is 7.15. The molecule has 22 heavy (non-hydrogen) atoms. The van der Waals surface area contributed by atoms with E-state index in [2.05, 4.69) is 51.4 Å². The van der Waals surface area contributed by atoms with Crippen molar-refractivity contribution in [2.45, 2.75) is 6.54 Å². The van der Waals surface area contributed by atoms with Crippen molar-refractivity contribution in [1.82, 2.24) is 5.32 Å². The van der Waals surface area contributed by atoms with Crippen molar-refractivity contribution in [3.63, 3.8) is 0 Å². The van der Waals surface area contributed by atoms with Crippen LogP contribution in [0.1, 0.15) is 5.56 Å². The Morgan fingerprint density at radius 1 is 1.09 bits per heavy atom. The Balaban J connectivity index is 1.57. The van der Waals surface area contributed by atoms with Crippen LogP contribution in [0, 0.1) is 3.57 Å². The first-order valence-corrected chi connectivity index (χ1v) is 8.38. The Morgan fingerprint density at radius 3 is 2.73 bits per heavy atom. The second-order valence-electron chi connectivity index (χ2n) is 4.80. The minimum atomic E-state index is 0.575. The maximum atomic E-state index is 5.56. The van der Waals surface area contributed by atoms with Crippen molar-refractivity contribution >= 4 is 45.6 Å². The van der Waals surface area contributed by atoms with Gasteiger partial charge in [0, 0.05) is 21.9 Å². The van der Waals surface area contributed by atoms with Crippen molar-refractivity contribution < 1.29 is 9.47 Å². The first kappa shape index (κ1) is 15.4. The summed E-state index contributed by atoms with van der Waals surface area (Å²) in [6, 6.07) is 14.0. The summed E-state index contributed by atoms with van der Waals surface area (Å²) in [5, 5.41) is 6.94. The molecule has 0 spiro atoms. The smallest absolute Gasteiger partial charge is 0.171 e. The molecule has 6 heteroatoms. The molecule has 2 N–H and O–H groups in total. The van der Waals surface area contributed by atoms with Gasteiger partial charge >= 0.3 is 0 Å². The quantitative estimate of drug-likeness (QED) is 0.581. The molecule has 0 amide bonds. The molecule has 0 bridgehead atoms. The Kier molecular flexibility index (Phi) is 4.99. The van der Waals surface area contributed by atoms with Gasteiger partial charge in [-0.1, -0.05) is 12.1 Å². The number of hydrogen-bond donors (Lipinski definition) is 2. The highest BCUT2D eigenvalue weighted by Crippen LogP contribution is 2.32. The van der Waals surface area contributed by atoms with E-state index in [9.17, 15) is 0 Å². The molecule has 2 aromatic rings. The summed E-state index contributed by atoms with van der Waals surface area (Å²) in [7, 11) is 0. The third-order valence-corrected chi connectivity index (χ3v) is 4.06. The highest BCUT2D eigenvalue weighted by Gasteiger charge is 2.11. The predicted molar refractivity (Wildman–Crippen MR) is 99.7 cm³/mol. The molecule has 0 saturated heterocycles. The zero-order chi connectivity index (χ0) is 15.4. The molecule has 1 heterocycles. The van der Waals surface area contributed by atoms with Gasteiger partial charge in [0.25, 0.3) is 0 Å². The number of anilines is 1. The van der Waals surface area contributed by atoms with Crippen LogP contribution in [0.15, 0.2) is 42.5 Å². The molecule has 0 aliphatic carbocycles. The van der Waals surface area contributed by atoms with E-state index in [1.54, 1.807) is 0 Å². The van der Waals surface area contributed by atoms with Gasteiger partial charge in [0.15, 0.2) is 16.6 Å². The van der Waals surface area contributed by atoms with Crippen molar-refractivity contribution in [2.24, 2.45) is 0 Å². The first-order chi connectivity index (χ1) is 10.7. The topological polar surface area (TPSA) is 42.5 Å². The lowest BCUT2D eigenvalue weighted by atomic mass is 10.2. The summed E-state index contributed by atoms with van der Waals surface area (Å²) >= 11 is 7.63. The van der Waals surface area contributed by atoms with Crippen LogP contribution in [0.4, 0.5) is 5.69 Å². The van der Waals surface area contributed by atoms with Crippen LogP contribution < -0.4 is 20.1 Å². The Morgan fingerprint density at radius 2 is 1.91 bits per heavy atom. The molecule has 0 saturated carbocycles. The lowest BCUT2D eigenvalue weighted by Crippen LogP contribution is -2.28. The van der Waals surface area contributed by atoms with Gasteiger partial charge in [-0.15, -0.1) is 0 Å². The van der Waals surface area contributed by atoms with Crippen LogP contribution >= 0.6 is 34.8 Å². The van der Waals surface area contributed by atoms with E-state index in [0.717, 1.165) is 17.2 Å². The van der Waals surface area contributed by atoms with Crippen molar-refractivity contribution in [3.8, 4) is 11.5 Å². The molecule has 0 radical (unpaired) electrons. The number of rotatable bonds is 3. The maximum absolute atomic E-state index is 5.56. The van der Waals surface area contributed by atoms with E-state index in [-0.39, 0.29) is 0 Å². The van der Waals surface area contributed by atoms with Crippen LogP contribution in [-0.2, 0) is 6.54 Å². The second-order valence-corrected chi connectivity index (χ2v) is 6.45. The van der Waals surface area contributed by atoms with Gasteiger partial charge in [-0.05, 0) is 64.6 Å². The highest BCUT2D eigenvalue weighted by atomic mass is 127. The summed E-state index contributed by atoms with van der Waals surface area (Å²) in [4.78, 5) is 0. The zero-order valence-corrected chi connectivity index (χ0v) is 14.7. The van der Waals surface area contributed by atoms with Crippen LogP contribution in [0.5, 0.6) is 11.5 Å². The molecule has 0 atom stereocenters. The summed E-state index contributed by atoms with van der Waals surface area (Å²) in [5.74, 6) is 1.52. The molecule has 1 aliphatic heterocycles. The molecule has 3 rings (SSSR count). The minimum Gasteiger partial charge on any atom is -0.486 e. The number of fused-ring (bicyclic) bond motifs is 1. The van der Waals surface area contributed by atoms with Gasteiger partial charge in [0.05, 0.1) is 0 Å². The molecule has 114 valence electrons. The fourth-order valence-corrected chi connectivity index (χ4v) is 2.92. The molecular weight excluding hydrogens is 411 g/mol. The Bertz CT molecular complexity index is 694. The number of thiocarbonyl (C=S) groups is 1. The SMILES string of the molecule is S=C(NCc1cccc(I)c1)Nc1ccc2c(c1)OCCO2. The molecule has 0 unspecified atom stereocenters. The number of nitrogens with one attached hydrogen (secondary N) is 2. The van der Waals surface area contributed by atoms with Gasteiger partial charge in [-0.3, -0.25) is 0 Å². The summed E-state index contributed by atoms with van der Waals surface area (Å²) < 4.78 is 12.3. The van der Waals surface area contributed by atoms with Crippen LogP contribution in [-0.4, -0.2) is 18.3 Å². The Hall–Kier alpha value is -1.54. The molecule has 4 nitrogen and oxygen atoms in total. The standard InChI is InChI=1S/C16H15IN2O2S/c17-12-3-1-2-11(8-12)10-18-16(22)19-13-4-5-14-15(9-13)21-7-6-20-14/h1-5,8-9H,6-7,10H2,(H2,18,19,22). The fraction of sp³-hybridized carbons (Fsp3) is 0.188. The summed E-state index contributed by atoms with van der Waals surface area (Å²) in [6.45, 7) is 1.86. The lowest BCUT2D eigenvalue weighted by molar-refractivity contribution is 0.171. The minimum absolute atomic E-state index is 0.575. The van der Waals surface area contributed by atoms with Crippen LogP contribution in [0.25, 0.3) is 0 Å². The van der Waals surface area contributed by atoms with Gasteiger partial charge in [-0.2, -0.15) is 0 Å². The van der Waals surface area contributed by atoms with Gasteiger partial charge in [0.2, 0.25) is 0 Å². The maximum Gasteiger partial charge on any atom is 0.171 e. The number of benzene rings is 2. The van der Waals surface area contributed by atoms with E-state index in [4.69, 9.17) is 21.7 Å². The highest BCUT2D eigenvalue weighted by molar-refractivity contribution is 14.1. The summed E-state index contributed by atoms with van der Waals surface area (Å²) in [6.07, 6.45) is 0. The first-order valence-electron chi connectivity index (χ1n) is 6.90. The number of ether oxygens (including phenoxy) is 2. The van der Waals surface area contributed by atoms with E-state index < -0.39 is 0 Å². The summed E-state index contributed by atoms with van der Waals surface area (Å²) in [5.41, 5.74) is 2.07. The van der Waals surface area contributed by atoms with E-state index in [1.165, 1.54) is 9.13 Å². The predicted octanol–water partition coefficient (Wildman–Crippen LogP) is 3.55. The monoisotopic (exact) mass is 426 g/mol. The molecular formula is C16H15IN2O2S. The third-order valence-electron chi connectivity index (χ3n) is 3.14. The Labute approximate surface area is 148 Å². The van der Waals surface area contributed by atoms with Gasteiger partial charge in [-0.25, -0.2) is 0 Å². The molecule has 2 aromatic carbocycles. The zero-order valence-electron chi connectivity index (χ0n) is 11.8. The van der Waals surface area contributed by atoms with E-state index >= 15 is 0 Å². The van der Waals surface area contributed by atoms with E-state index in [0.29, 0.717) is 24.9 Å². The van der Waals surface area contributed by atoms with Crippen molar-refractivity contribution in [2.75, 3.05) is 18.5 Å². The molecule has 0 aromatic heterocycles. The average molecular weight is 426 g/mol. The van der Waals surface area contributed by atoms with Crippen LogP contribution in [0.3, 0.4) is 0 Å². The average Bonchev–Trinajstić information content (AvgIpc) is 2.53. The molecule has 0 fully saturated rings. The van der Waals surface area contributed by atoms with Gasteiger partial charge in [0.1, 0.15) is 13.2 Å². The van der Waals surface area contributed by atoms with Crippen molar-refractivity contribution in [1.29, 1.82) is 0 Å². The van der Waals surface area contributed by atoms with Crippen LogP contribution in [0.2, 0.25) is 0 Å². The largest absolute Gasteiger partial charge is 0.486 e. The molecule has 1 aliphatic rings. The third kappa shape index (κ3) is 4.01. The fourth-order valence-electron chi connectivity index (χ4n) is 2.13. The number of halogens is 1. The van der Waals surface area contributed by atoms with Gasteiger partial charge < -0.3 is 20.1 Å². The number of hydrogen-bond acceptors (Lipinski definition) is 3.